The minimum atomic E-state index is 0.586. The second kappa shape index (κ2) is 5.94. The van der Waals surface area contributed by atoms with Crippen LogP contribution in [0.25, 0.3) is 11.0 Å². The highest BCUT2D eigenvalue weighted by Crippen LogP contribution is 2.25. The maximum atomic E-state index is 6.30. The Kier molecular flexibility index (Phi) is 4.52. The number of alkyl halides is 1. The Balaban J connectivity index is 2.47. The molecule has 0 atom stereocenters. The third-order valence-electron chi connectivity index (χ3n) is 3.04. The molecule has 0 saturated heterocycles. The number of nitrogens with zero attached hydrogens (tertiary/aromatic N) is 2. The van der Waals surface area contributed by atoms with E-state index < -0.39 is 0 Å². The van der Waals surface area contributed by atoms with E-state index in [0.717, 1.165) is 41.3 Å². The van der Waals surface area contributed by atoms with Crippen molar-refractivity contribution in [3.63, 3.8) is 0 Å². The van der Waals surface area contributed by atoms with E-state index in [9.17, 15) is 0 Å². The zero-order chi connectivity index (χ0) is 13.1. The summed E-state index contributed by atoms with van der Waals surface area (Å²) in [6.07, 6.45) is 1.90. The summed E-state index contributed by atoms with van der Waals surface area (Å²) in [6.45, 7) is 5.40. The van der Waals surface area contributed by atoms with Crippen LogP contribution in [0.3, 0.4) is 0 Å². The van der Waals surface area contributed by atoms with E-state index in [1.54, 1.807) is 0 Å². The Morgan fingerprint density at radius 1 is 1.33 bits per heavy atom. The summed E-state index contributed by atoms with van der Waals surface area (Å²) < 4.78 is 2.22. The minimum Gasteiger partial charge on any atom is -0.327 e. The molecule has 0 unspecified atom stereocenters. The molecule has 0 saturated carbocycles. The first-order chi connectivity index (χ1) is 8.63. The van der Waals surface area contributed by atoms with Crippen molar-refractivity contribution in [2.75, 3.05) is 5.88 Å². The third-order valence-corrected chi connectivity index (χ3v) is 3.54. The average Bonchev–Trinajstić information content (AvgIpc) is 2.66. The molecule has 2 rings (SSSR count). The lowest BCUT2D eigenvalue weighted by Gasteiger charge is -2.11. The Labute approximate surface area is 118 Å². The molecule has 2 aromatic rings. The first-order valence-electron chi connectivity index (χ1n) is 6.33. The topological polar surface area (TPSA) is 17.8 Å². The van der Waals surface area contributed by atoms with Gasteiger partial charge >= 0.3 is 0 Å². The SMILES string of the molecule is CC(C)CCn1c(CCCl)nc2cccc(Cl)c21. The standard InChI is InChI=1S/C14H18Cl2N2/c1-10(2)7-9-18-13(6-8-15)17-12-5-3-4-11(16)14(12)18/h3-5,10H,6-9H2,1-2H3. The normalized spacial score (nSPS) is 11.6. The van der Waals surface area contributed by atoms with Crippen LogP contribution in [0.1, 0.15) is 26.1 Å². The van der Waals surface area contributed by atoms with Crippen LogP contribution in [0, 0.1) is 5.92 Å². The fourth-order valence-corrected chi connectivity index (χ4v) is 2.53. The molecule has 98 valence electrons. The molecule has 1 aromatic carbocycles. The van der Waals surface area contributed by atoms with Crippen LogP contribution in [-0.2, 0) is 13.0 Å². The first kappa shape index (κ1) is 13.7. The molecule has 1 heterocycles. The van der Waals surface area contributed by atoms with Crippen LogP contribution < -0.4 is 0 Å². The van der Waals surface area contributed by atoms with E-state index in [-0.39, 0.29) is 0 Å². The maximum Gasteiger partial charge on any atom is 0.111 e. The van der Waals surface area contributed by atoms with Crippen molar-refractivity contribution in [2.45, 2.75) is 33.2 Å². The zero-order valence-corrected chi connectivity index (χ0v) is 12.3. The maximum absolute atomic E-state index is 6.30. The van der Waals surface area contributed by atoms with Crippen LogP contribution in [0.5, 0.6) is 0 Å². The Bertz CT molecular complexity index is 532. The van der Waals surface area contributed by atoms with Crippen molar-refractivity contribution >= 4 is 34.2 Å². The van der Waals surface area contributed by atoms with Gasteiger partial charge in [0.2, 0.25) is 0 Å². The van der Waals surface area contributed by atoms with Crippen molar-refractivity contribution in [3.05, 3.63) is 29.0 Å². The predicted octanol–water partition coefficient (Wildman–Crippen LogP) is 4.52. The van der Waals surface area contributed by atoms with Gasteiger partial charge in [-0.05, 0) is 24.5 Å². The van der Waals surface area contributed by atoms with Crippen LogP contribution in [0.15, 0.2) is 18.2 Å². The summed E-state index contributed by atoms with van der Waals surface area (Å²) >= 11 is 12.1. The molecule has 0 N–H and O–H groups in total. The van der Waals surface area contributed by atoms with Crippen molar-refractivity contribution < 1.29 is 0 Å². The van der Waals surface area contributed by atoms with E-state index in [1.807, 2.05) is 18.2 Å². The average molecular weight is 285 g/mol. The lowest BCUT2D eigenvalue weighted by molar-refractivity contribution is 0.513. The highest BCUT2D eigenvalue weighted by molar-refractivity contribution is 6.35. The summed E-state index contributed by atoms with van der Waals surface area (Å²) in [7, 11) is 0. The molecular formula is C14H18Cl2N2. The summed E-state index contributed by atoms with van der Waals surface area (Å²) in [5.74, 6) is 2.28. The number of aromatic nitrogens is 2. The molecule has 1 aromatic heterocycles. The van der Waals surface area contributed by atoms with Crippen molar-refractivity contribution in [2.24, 2.45) is 5.92 Å². The van der Waals surface area contributed by atoms with E-state index in [4.69, 9.17) is 23.2 Å². The van der Waals surface area contributed by atoms with Gasteiger partial charge in [0.05, 0.1) is 16.1 Å². The predicted molar refractivity (Wildman–Crippen MR) is 78.6 cm³/mol. The lowest BCUT2D eigenvalue weighted by Crippen LogP contribution is -2.07. The van der Waals surface area contributed by atoms with Crippen LogP contribution in [0.4, 0.5) is 0 Å². The first-order valence-corrected chi connectivity index (χ1v) is 7.24. The number of hydrogen-bond donors (Lipinski definition) is 0. The Morgan fingerprint density at radius 3 is 2.78 bits per heavy atom. The number of imidazole rings is 1. The van der Waals surface area contributed by atoms with Gasteiger partial charge in [-0.3, -0.25) is 0 Å². The second-order valence-corrected chi connectivity index (χ2v) is 5.69. The number of rotatable bonds is 5. The van der Waals surface area contributed by atoms with E-state index in [1.165, 1.54) is 0 Å². The van der Waals surface area contributed by atoms with Crippen LogP contribution >= 0.6 is 23.2 Å². The van der Waals surface area contributed by atoms with Crippen LogP contribution in [-0.4, -0.2) is 15.4 Å². The summed E-state index contributed by atoms with van der Waals surface area (Å²) in [6, 6.07) is 5.86. The fourth-order valence-electron chi connectivity index (χ4n) is 2.09. The van der Waals surface area contributed by atoms with Crippen molar-refractivity contribution in [1.29, 1.82) is 0 Å². The summed E-state index contributed by atoms with van der Waals surface area (Å²) in [5, 5.41) is 0.768. The number of hydrogen-bond acceptors (Lipinski definition) is 1. The number of halogens is 2. The van der Waals surface area contributed by atoms with Crippen molar-refractivity contribution in [1.82, 2.24) is 9.55 Å². The smallest absolute Gasteiger partial charge is 0.111 e. The molecule has 2 nitrogen and oxygen atoms in total. The Hall–Kier alpha value is -0.730. The molecule has 0 aliphatic heterocycles. The van der Waals surface area contributed by atoms with Gasteiger partial charge in [0.25, 0.3) is 0 Å². The summed E-state index contributed by atoms with van der Waals surface area (Å²) in [5.41, 5.74) is 2.01. The largest absolute Gasteiger partial charge is 0.327 e. The van der Waals surface area contributed by atoms with Gasteiger partial charge in [-0.25, -0.2) is 4.98 Å². The molecule has 0 amide bonds. The zero-order valence-electron chi connectivity index (χ0n) is 10.8. The van der Waals surface area contributed by atoms with Crippen molar-refractivity contribution in [3.8, 4) is 0 Å². The molecular weight excluding hydrogens is 267 g/mol. The van der Waals surface area contributed by atoms with Gasteiger partial charge < -0.3 is 4.57 Å². The van der Waals surface area contributed by atoms with Gasteiger partial charge in [0.15, 0.2) is 0 Å². The molecule has 18 heavy (non-hydrogen) atoms. The van der Waals surface area contributed by atoms with E-state index >= 15 is 0 Å². The molecule has 0 aliphatic carbocycles. The van der Waals surface area contributed by atoms with E-state index in [2.05, 4.69) is 23.4 Å². The molecule has 0 radical (unpaired) electrons. The minimum absolute atomic E-state index is 0.586. The molecule has 0 aliphatic rings. The lowest BCUT2D eigenvalue weighted by atomic mass is 10.1. The molecule has 0 bridgehead atoms. The molecule has 0 fully saturated rings. The molecule has 4 heteroatoms. The third kappa shape index (κ3) is 2.81. The highest BCUT2D eigenvalue weighted by Gasteiger charge is 2.13. The number of benzene rings is 1. The summed E-state index contributed by atoms with van der Waals surface area (Å²) in [4.78, 5) is 4.64. The number of aryl methyl sites for hydroxylation is 2. The Morgan fingerprint density at radius 2 is 2.11 bits per heavy atom. The van der Waals surface area contributed by atoms with Gasteiger partial charge in [0.1, 0.15) is 5.82 Å². The quantitative estimate of drug-likeness (QED) is 0.739. The van der Waals surface area contributed by atoms with Gasteiger partial charge in [-0.2, -0.15) is 0 Å². The van der Waals surface area contributed by atoms with Gasteiger partial charge in [-0.1, -0.05) is 31.5 Å². The monoisotopic (exact) mass is 284 g/mol. The second-order valence-electron chi connectivity index (χ2n) is 4.91. The van der Waals surface area contributed by atoms with Gasteiger partial charge in [0, 0.05) is 18.8 Å². The highest BCUT2D eigenvalue weighted by atomic mass is 35.5. The van der Waals surface area contributed by atoms with E-state index in [0.29, 0.717) is 11.8 Å². The van der Waals surface area contributed by atoms with Gasteiger partial charge in [-0.15, -0.1) is 11.6 Å². The number of para-hydroxylation sites is 1. The van der Waals surface area contributed by atoms with Crippen LogP contribution in [0.2, 0.25) is 5.02 Å². The fraction of sp³-hybridized carbons (Fsp3) is 0.500. The molecule has 0 spiro atoms. The number of fused-ring (bicyclic) bond motifs is 1.